The zero-order valence-electron chi connectivity index (χ0n) is 21.6. The number of aliphatic hydroxyl groups excluding tert-OH is 1. The molecule has 1 aromatic heterocycles. The number of aliphatic hydroxyl groups is 1. The Morgan fingerprint density at radius 2 is 1.81 bits per heavy atom. The van der Waals surface area contributed by atoms with E-state index < -0.39 is 17.9 Å². The van der Waals surface area contributed by atoms with Crippen LogP contribution >= 0.6 is 0 Å². The number of anilines is 2. The van der Waals surface area contributed by atoms with Crippen molar-refractivity contribution in [3.8, 4) is 11.5 Å². The first-order valence-corrected chi connectivity index (χ1v) is 12.2. The standard InChI is InChI=1S/C27H34N4O6/c1-5-17-16(13-29-22(15-32)27(34)35-4)9-8-10-20(17)31-25-18-11-23(36-6-2)24(37-7-3)12-21(18)30-14-19(25)26(28)33/h8-12,14,22,29,32H,5-7,13,15H2,1-4H3,(H2,28,33)(H,30,31). The van der Waals surface area contributed by atoms with Gasteiger partial charge in [-0.05, 0) is 43.5 Å². The van der Waals surface area contributed by atoms with E-state index in [1.54, 1.807) is 12.1 Å². The number of carbonyl (C=O) groups is 2. The normalized spacial score (nSPS) is 11.7. The minimum Gasteiger partial charge on any atom is -0.490 e. The van der Waals surface area contributed by atoms with Crippen molar-refractivity contribution in [2.24, 2.45) is 5.73 Å². The number of nitrogens with zero attached hydrogens (tertiary/aromatic N) is 1. The third-order valence-corrected chi connectivity index (χ3v) is 5.89. The highest BCUT2D eigenvalue weighted by molar-refractivity contribution is 6.08. The van der Waals surface area contributed by atoms with Crippen LogP contribution in [0.2, 0.25) is 0 Å². The van der Waals surface area contributed by atoms with Gasteiger partial charge in [0, 0.05) is 29.9 Å². The van der Waals surface area contributed by atoms with E-state index in [-0.39, 0.29) is 12.2 Å². The number of amides is 1. The number of fused-ring (bicyclic) bond motifs is 1. The molecule has 0 saturated heterocycles. The zero-order chi connectivity index (χ0) is 26.9. The lowest BCUT2D eigenvalue weighted by Gasteiger charge is -2.20. The summed E-state index contributed by atoms with van der Waals surface area (Å²) < 4.78 is 16.3. The molecule has 1 unspecified atom stereocenters. The third-order valence-electron chi connectivity index (χ3n) is 5.89. The minimum absolute atomic E-state index is 0.232. The number of carbonyl (C=O) groups excluding carboxylic acids is 2. The van der Waals surface area contributed by atoms with Crippen LogP contribution in [0.5, 0.6) is 11.5 Å². The lowest BCUT2D eigenvalue weighted by atomic mass is 10.0. The Kier molecular flexibility index (Phi) is 9.64. The predicted molar refractivity (Wildman–Crippen MR) is 141 cm³/mol. The van der Waals surface area contributed by atoms with Crippen molar-refractivity contribution in [3.05, 3.63) is 53.2 Å². The molecule has 10 heteroatoms. The van der Waals surface area contributed by atoms with Crippen molar-refractivity contribution < 1.29 is 28.9 Å². The maximum Gasteiger partial charge on any atom is 0.325 e. The van der Waals surface area contributed by atoms with E-state index >= 15 is 0 Å². The average Bonchev–Trinajstić information content (AvgIpc) is 2.89. The van der Waals surface area contributed by atoms with Gasteiger partial charge in [0.2, 0.25) is 0 Å². The molecule has 0 bridgehead atoms. The summed E-state index contributed by atoms with van der Waals surface area (Å²) in [5, 5.41) is 16.6. The molecule has 1 atom stereocenters. The van der Waals surface area contributed by atoms with Gasteiger partial charge < -0.3 is 30.4 Å². The van der Waals surface area contributed by atoms with E-state index in [0.717, 1.165) is 16.8 Å². The summed E-state index contributed by atoms with van der Waals surface area (Å²) in [7, 11) is 1.28. The molecule has 2 aromatic carbocycles. The average molecular weight is 511 g/mol. The molecule has 0 spiro atoms. The highest BCUT2D eigenvalue weighted by Gasteiger charge is 2.20. The number of ether oxygens (including phenoxy) is 3. The lowest BCUT2D eigenvalue weighted by Crippen LogP contribution is -2.40. The second-order valence-electron chi connectivity index (χ2n) is 8.15. The molecule has 0 radical (unpaired) electrons. The molecule has 0 saturated carbocycles. The summed E-state index contributed by atoms with van der Waals surface area (Å²) in [5.41, 5.74) is 9.72. The van der Waals surface area contributed by atoms with Crippen LogP contribution in [0.3, 0.4) is 0 Å². The predicted octanol–water partition coefficient (Wildman–Crippen LogP) is 3.06. The fourth-order valence-electron chi connectivity index (χ4n) is 4.13. The van der Waals surface area contributed by atoms with Crippen LogP contribution in [-0.2, 0) is 22.5 Å². The number of aromatic nitrogens is 1. The smallest absolute Gasteiger partial charge is 0.325 e. The Morgan fingerprint density at radius 3 is 2.41 bits per heavy atom. The van der Waals surface area contributed by atoms with Gasteiger partial charge in [-0.1, -0.05) is 19.1 Å². The van der Waals surface area contributed by atoms with E-state index in [2.05, 4.69) is 15.6 Å². The Bertz CT molecular complexity index is 1260. The number of nitrogens with two attached hydrogens (primary N) is 1. The van der Waals surface area contributed by atoms with Crippen molar-refractivity contribution in [2.45, 2.75) is 39.8 Å². The fraction of sp³-hybridized carbons (Fsp3) is 0.370. The molecule has 10 nitrogen and oxygen atoms in total. The molecule has 0 fully saturated rings. The number of rotatable bonds is 13. The maximum atomic E-state index is 12.4. The van der Waals surface area contributed by atoms with Crippen LogP contribution in [0.15, 0.2) is 36.5 Å². The Morgan fingerprint density at radius 1 is 1.11 bits per heavy atom. The molecule has 37 heavy (non-hydrogen) atoms. The van der Waals surface area contributed by atoms with Crippen LogP contribution in [-0.4, -0.2) is 54.9 Å². The number of benzene rings is 2. The quantitative estimate of drug-likeness (QED) is 0.255. The number of esters is 1. The number of hydrogen-bond donors (Lipinski definition) is 4. The first-order valence-electron chi connectivity index (χ1n) is 12.2. The molecular formula is C27H34N4O6. The van der Waals surface area contributed by atoms with Gasteiger partial charge in [-0.15, -0.1) is 0 Å². The van der Waals surface area contributed by atoms with Crippen LogP contribution < -0.4 is 25.8 Å². The fourth-order valence-corrected chi connectivity index (χ4v) is 4.13. The number of pyridine rings is 1. The molecule has 1 amide bonds. The maximum absolute atomic E-state index is 12.4. The van der Waals surface area contributed by atoms with Gasteiger partial charge in [-0.3, -0.25) is 19.9 Å². The van der Waals surface area contributed by atoms with Crippen molar-refractivity contribution in [2.75, 3.05) is 32.2 Å². The molecule has 0 aliphatic carbocycles. The third kappa shape index (κ3) is 6.28. The highest BCUT2D eigenvalue weighted by atomic mass is 16.5. The van der Waals surface area contributed by atoms with Crippen LogP contribution in [0.4, 0.5) is 11.4 Å². The molecule has 198 valence electrons. The SMILES string of the molecule is CCOc1cc2ncc(C(N)=O)c(Nc3cccc(CNC(CO)C(=O)OC)c3CC)c2cc1OCC. The van der Waals surface area contributed by atoms with E-state index in [1.165, 1.54) is 13.3 Å². The summed E-state index contributed by atoms with van der Waals surface area (Å²) in [6.45, 7) is 6.62. The van der Waals surface area contributed by atoms with Gasteiger partial charge >= 0.3 is 5.97 Å². The van der Waals surface area contributed by atoms with E-state index in [4.69, 9.17) is 19.9 Å². The molecule has 3 rings (SSSR count). The monoisotopic (exact) mass is 510 g/mol. The zero-order valence-corrected chi connectivity index (χ0v) is 21.6. The Labute approximate surface area is 216 Å². The molecule has 5 N–H and O–H groups in total. The van der Waals surface area contributed by atoms with Gasteiger partial charge in [0.1, 0.15) is 6.04 Å². The van der Waals surface area contributed by atoms with E-state index in [9.17, 15) is 14.7 Å². The molecule has 0 aliphatic rings. The van der Waals surface area contributed by atoms with Crippen LogP contribution in [0.25, 0.3) is 10.9 Å². The van der Waals surface area contributed by atoms with Gasteiger partial charge in [0.25, 0.3) is 5.91 Å². The van der Waals surface area contributed by atoms with Crippen molar-refractivity contribution >= 4 is 34.2 Å². The highest BCUT2D eigenvalue weighted by Crippen LogP contribution is 2.38. The number of primary amides is 1. The number of hydrogen-bond acceptors (Lipinski definition) is 9. The molecule has 3 aromatic rings. The largest absolute Gasteiger partial charge is 0.490 e. The molecule has 0 aliphatic heterocycles. The summed E-state index contributed by atoms with van der Waals surface area (Å²) >= 11 is 0. The van der Waals surface area contributed by atoms with Gasteiger partial charge in [0.05, 0.1) is 43.7 Å². The summed E-state index contributed by atoms with van der Waals surface area (Å²) in [6, 6.07) is 8.45. The molecule has 1 heterocycles. The summed E-state index contributed by atoms with van der Waals surface area (Å²) in [6.07, 6.45) is 2.11. The van der Waals surface area contributed by atoms with Crippen LogP contribution in [0, 0.1) is 0 Å². The Balaban J connectivity index is 2.08. The second kappa shape index (κ2) is 12.9. The first-order chi connectivity index (χ1) is 17.9. The number of nitrogens with one attached hydrogen (secondary N) is 2. The van der Waals surface area contributed by atoms with E-state index in [0.29, 0.717) is 54.3 Å². The van der Waals surface area contributed by atoms with Gasteiger partial charge in [0.15, 0.2) is 11.5 Å². The topological polar surface area (TPSA) is 145 Å². The minimum atomic E-state index is -0.839. The lowest BCUT2D eigenvalue weighted by molar-refractivity contribution is -0.144. The van der Waals surface area contributed by atoms with Crippen molar-refractivity contribution in [3.63, 3.8) is 0 Å². The van der Waals surface area contributed by atoms with E-state index in [1.807, 2.05) is 39.0 Å². The first kappa shape index (κ1) is 27.7. The van der Waals surface area contributed by atoms with Crippen molar-refractivity contribution in [1.29, 1.82) is 0 Å². The Hall–Kier alpha value is -3.89. The second-order valence-corrected chi connectivity index (χ2v) is 8.15. The summed E-state index contributed by atoms with van der Waals surface area (Å²) in [5.74, 6) is -0.0625. The number of methoxy groups -OCH3 is 1. The van der Waals surface area contributed by atoms with Crippen LogP contribution in [0.1, 0.15) is 42.3 Å². The van der Waals surface area contributed by atoms with Gasteiger partial charge in [-0.25, -0.2) is 0 Å². The molecular weight excluding hydrogens is 476 g/mol. The van der Waals surface area contributed by atoms with Gasteiger partial charge in [-0.2, -0.15) is 0 Å². The van der Waals surface area contributed by atoms with Crippen molar-refractivity contribution in [1.82, 2.24) is 10.3 Å². The summed E-state index contributed by atoms with van der Waals surface area (Å²) in [4.78, 5) is 28.7.